The molecule has 1 rings (SSSR count). The molecular formula is C9H9N2O3S-. The number of rotatable bonds is 2. The number of carboxylic acid groups (broad SMARTS) is 1. The molecule has 5 nitrogen and oxygen atoms in total. The van der Waals surface area contributed by atoms with E-state index in [2.05, 4.69) is 10.6 Å². The van der Waals surface area contributed by atoms with E-state index >= 15 is 0 Å². The Morgan fingerprint density at radius 3 is 2.67 bits per heavy atom. The number of hydrogen-bond acceptors (Lipinski definition) is 3. The van der Waals surface area contributed by atoms with Crippen molar-refractivity contribution >= 4 is 29.0 Å². The Morgan fingerprint density at radius 2 is 2.20 bits per heavy atom. The highest BCUT2D eigenvalue weighted by Crippen LogP contribution is 2.19. The zero-order valence-electron chi connectivity index (χ0n) is 7.90. The molecule has 0 aromatic heterocycles. The van der Waals surface area contributed by atoms with Gasteiger partial charge < -0.3 is 20.8 Å². The minimum Gasteiger partial charge on any atom is -0.872 e. The number of aromatic carboxylic acids is 1. The maximum atomic E-state index is 11.3. The van der Waals surface area contributed by atoms with Gasteiger partial charge in [-0.3, -0.25) is 0 Å². The van der Waals surface area contributed by atoms with Crippen LogP contribution in [-0.4, -0.2) is 23.2 Å². The fraction of sp³-hybridized carbons (Fsp3) is 0.111. The third-order valence-corrected chi connectivity index (χ3v) is 2.00. The van der Waals surface area contributed by atoms with Gasteiger partial charge in [-0.2, -0.15) is 0 Å². The average molecular weight is 225 g/mol. The van der Waals surface area contributed by atoms with Crippen LogP contribution in [0.1, 0.15) is 10.4 Å². The van der Waals surface area contributed by atoms with Crippen molar-refractivity contribution in [3.8, 4) is 5.75 Å². The van der Waals surface area contributed by atoms with Gasteiger partial charge in [-0.15, -0.1) is 0 Å². The maximum absolute atomic E-state index is 11.3. The summed E-state index contributed by atoms with van der Waals surface area (Å²) < 4.78 is 0. The molecule has 0 aliphatic carbocycles. The summed E-state index contributed by atoms with van der Waals surface area (Å²) in [6.07, 6.45) is 0. The van der Waals surface area contributed by atoms with Gasteiger partial charge in [0, 0.05) is 12.7 Å². The second-order valence-corrected chi connectivity index (χ2v) is 3.13. The molecule has 0 unspecified atom stereocenters. The van der Waals surface area contributed by atoms with Gasteiger partial charge in [0.1, 0.15) is 0 Å². The third-order valence-electron chi connectivity index (χ3n) is 1.70. The first-order chi connectivity index (χ1) is 7.04. The van der Waals surface area contributed by atoms with Gasteiger partial charge >= 0.3 is 5.97 Å². The Morgan fingerprint density at radius 1 is 1.53 bits per heavy atom. The van der Waals surface area contributed by atoms with Crippen LogP contribution in [0.5, 0.6) is 5.75 Å². The monoisotopic (exact) mass is 225 g/mol. The van der Waals surface area contributed by atoms with E-state index in [0.717, 1.165) is 0 Å². The Bertz CT molecular complexity index is 406. The highest BCUT2D eigenvalue weighted by atomic mass is 32.1. The predicted molar refractivity (Wildman–Crippen MR) is 58.1 cm³/mol. The molecule has 1 aromatic rings. The van der Waals surface area contributed by atoms with Crippen LogP contribution >= 0.6 is 12.2 Å². The first-order valence-electron chi connectivity index (χ1n) is 4.07. The highest BCUT2D eigenvalue weighted by Gasteiger charge is 2.04. The number of anilines is 1. The first-order valence-corrected chi connectivity index (χ1v) is 4.48. The molecule has 80 valence electrons. The molecular weight excluding hydrogens is 216 g/mol. The van der Waals surface area contributed by atoms with Crippen molar-refractivity contribution in [1.82, 2.24) is 5.32 Å². The summed E-state index contributed by atoms with van der Waals surface area (Å²) in [5.41, 5.74) is 0.209. The summed E-state index contributed by atoms with van der Waals surface area (Å²) in [6, 6.07) is 3.91. The lowest BCUT2D eigenvalue weighted by atomic mass is 10.2. The first kappa shape index (κ1) is 11.3. The number of hydrogen-bond donors (Lipinski definition) is 3. The second kappa shape index (κ2) is 4.61. The van der Waals surface area contributed by atoms with E-state index in [9.17, 15) is 9.90 Å². The zero-order valence-corrected chi connectivity index (χ0v) is 8.72. The molecule has 0 heterocycles. The quantitative estimate of drug-likeness (QED) is 0.631. The fourth-order valence-corrected chi connectivity index (χ4v) is 1.09. The van der Waals surface area contributed by atoms with Gasteiger partial charge in [0.25, 0.3) is 0 Å². The smallest absolute Gasteiger partial charge is 0.335 e. The Labute approximate surface area is 91.7 Å². The minimum atomic E-state index is -1.23. The summed E-state index contributed by atoms with van der Waals surface area (Å²) in [6.45, 7) is 0. The molecule has 0 saturated carbocycles. The SMILES string of the molecule is CNC(=S)Nc1ccc(C(=O)O)c([O-])c1. The molecule has 3 N–H and O–H groups in total. The summed E-state index contributed by atoms with van der Waals surface area (Å²) in [7, 11) is 1.64. The van der Waals surface area contributed by atoms with Crippen LogP contribution in [0.2, 0.25) is 0 Å². The van der Waals surface area contributed by atoms with Crippen molar-refractivity contribution in [3.63, 3.8) is 0 Å². The molecule has 0 spiro atoms. The number of carbonyl (C=O) groups is 1. The van der Waals surface area contributed by atoms with E-state index in [1.807, 2.05) is 0 Å². The standard InChI is InChI=1S/C9H10N2O3S/c1-10-9(15)11-5-2-3-6(8(13)14)7(12)4-5/h2-4,12H,1H3,(H,13,14)(H2,10,11,15)/p-1. The normalized spacial score (nSPS) is 9.40. The molecule has 0 bridgehead atoms. The molecule has 0 saturated heterocycles. The molecule has 0 radical (unpaired) electrons. The lowest BCUT2D eigenvalue weighted by Gasteiger charge is -2.13. The number of benzene rings is 1. The highest BCUT2D eigenvalue weighted by molar-refractivity contribution is 7.80. The van der Waals surface area contributed by atoms with Gasteiger partial charge in [-0.1, -0.05) is 5.75 Å². The van der Waals surface area contributed by atoms with Gasteiger partial charge in [-0.25, -0.2) is 4.79 Å². The minimum absolute atomic E-state index is 0.254. The van der Waals surface area contributed by atoms with Gasteiger partial charge in [-0.05, 0) is 30.4 Å². The van der Waals surface area contributed by atoms with Crippen LogP contribution in [0.25, 0.3) is 0 Å². The van der Waals surface area contributed by atoms with Crippen LogP contribution in [0.3, 0.4) is 0 Å². The van der Waals surface area contributed by atoms with Crippen LogP contribution in [0, 0.1) is 0 Å². The maximum Gasteiger partial charge on any atom is 0.335 e. The van der Waals surface area contributed by atoms with E-state index in [-0.39, 0.29) is 5.56 Å². The van der Waals surface area contributed by atoms with Crippen molar-refractivity contribution in [2.24, 2.45) is 0 Å². The summed E-state index contributed by atoms with van der Waals surface area (Å²) in [4.78, 5) is 10.6. The second-order valence-electron chi connectivity index (χ2n) is 2.72. The largest absolute Gasteiger partial charge is 0.872 e. The molecule has 6 heteroatoms. The van der Waals surface area contributed by atoms with E-state index in [0.29, 0.717) is 10.8 Å². The summed E-state index contributed by atoms with van der Waals surface area (Å²) in [5, 5.41) is 25.6. The van der Waals surface area contributed by atoms with Crippen molar-refractivity contribution in [1.29, 1.82) is 0 Å². The molecule has 0 amide bonds. The predicted octanol–water partition coefficient (Wildman–Crippen LogP) is 0.375. The fourth-order valence-electron chi connectivity index (χ4n) is 0.970. The molecule has 0 aliphatic rings. The molecule has 15 heavy (non-hydrogen) atoms. The zero-order chi connectivity index (χ0) is 11.4. The van der Waals surface area contributed by atoms with Gasteiger partial charge in [0.05, 0.1) is 5.56 Å². The third kappa shape index (κ3) is 2.81. The van der Waals surface area contributed by atoms with Crippen molar-refractivity contribution in [2.45, 2.75) is 0 Å². The number of nitrogens with one attached hydrogen (secondary N) is 2. The topological polar surface area (TPSA) is 84.4 Å². The lowest BCUT2D eigenvalue weighted by Crippen LogP contribution is -2.24. The Balaban J connectivity index is 2.91. The average Bonchev–Trinajstić information content (AvgIpc) is 2.17. The Hall–Kier alpha value is -1.82. The van der Waals surface area contributed by atoms with E-state index in [1.165, 1.54) is 18.2 Å². The van der Waals surface area contributed by atoms with Gasteiger partial charge in [0.15, 0.2) is 5.11 Å². The summed E-state index contributed by atoms with van der Waals surface area (Å²) in [5.74, 6) is -1.78. The lowest BCUT2D eigenvalue weighted by molar-refractivity contribution is -0.268. The van der Waals surface area contributed by atoms with Crippen LogP contribution < -0.4 is 15.7 Å². The van der Waals surface area contributed by atoms with Crippen molar-refractivity contribution in [3.05, 3.63) is 23.8 Å². The van der Waals surface area contributed by atoms with Crippen LogP contribution in [0.4, 0.5) is 5.69 Å². The molecule has 1 aromatic carbocycles. The van der Waals surface area contributed by atoms with Crippen LogP contribution in [-0.2, 0) is 0 Å². The van der Waals surface area contributed by atoms with E-state index < -0.39 is 11.7 Å². The number of thiocarbonyl (C=S) groups is 1. The molecule has 0 atom stereocenters. The molecule has 0 aliphatic heterocycles. The van der Waals surface area contributed by atoms with Gasteiger partial charge in [0.2, 0.25) is 0 Å². The van der Waals surface area contributed by atoms with Crippen molar-refractivity contribution in [2.75, 3.05) is 12.4 Å². The molecule has 0 fully saturated rings. The van der Waals surface area contributed by atoms with Crippen LogP contribution in [0.15, 0.2) is 18.2 Å². The number of carboxylic acids is 1. The summed E-state index contributed by atoms with van der Waals surface area (Å²) >= 11 is 4.82. The Kier molecular flexibility index (Phi) is 3.46. The van der Waals surface area contributed by atoms with E-state index in [1.54, 1.807) is 7.05 Å². The van der Waals surface area contributed by atoms with Crippen molar-refractivity contribution < 1.29 is 15.0 Å². The van der Waals surface area contributed by atoms with E-state index in [4.69, 9.17) is 17.3 Å².